The zero-order chi connectivity index (χ0) is 20.4. The summed E-state index contributed by atoms with van der Waals surface area (Å²) < 4.78 is 7.00. The Morgan fingerprint density at radius 1 is 1.17 bits per heavy atom. The van der Waals surface area contributed by atoms with E-state index in [4.69, 9.17) is 4.74 Å². The minimum absolute atomic E-state index is 0.00995. The van der Waals surface area contributed by atoms with Crippen molar-refractivity contribution in [1.29, 1.82) is 0 Å². The van der Waals surface area contributed by atoms with Crippen molar-refractivity contribution in [2.45, 2.75) is 39.3 Å². The fourth-order valence-corrected chi connectivity index (χ4v) is 4.06. The molecule has 2 heterocycles. The second-order valence-corrected chi connectivity index (χ2v) is 7.31. The highest BCUT2D eigenvalue weighted by Crippen LogP contribution is 2.33. The number of likely N-dealkylation sites (tertiary alicyclic amines) is 1. The molecule has 4 rings (SSSR count). The minimum Gasteiger partial charge on any atom is -0.494 e. The second kappa shape index (κ2) is 8.07. The predicted octanol–water partition coefficient (Wildman–Crippen LogP) is 3.47. The molecule has 1 atom stereocenters. The average molecular weight is 391 g/mol. The van der Waals surface area contributed by atoms with Crippen LogP contribution in [0, 0.1) is 6.92 Å². The van der Waals surface area contributed by atoms with E-state index in [0.717, 1.165) is 24.2 Å². The van der Waals surface area contributed by atoms with Gasteiger partial charge in [0.1, 0.15) is 18.1 Å². The molecule has 1 unspecified atom stereocenters. The minimum atomic E-state index is -0.168. The Morgan fingerprint density at radius 3 is 2.69 bits per heavy atom. The van der Waals surface area contributed by atoms with Crippen LogP contribution in [0.15, 0.2) is 53.3 Å². The van der Waals surface area contributed by atoms with Gasteiger partial charge in [-0.05, 0) is 56.5 Å². The maximum absolute atomic E-state index is 13.1. The molecular formula is C23H25N3O3. The van der Waals surface area contributed by atoms with E-state index < -0.39 is 0 Å². The van der Waals surface area contributed by atoms with Crippen LogP contribution in [0.1, 0.15) is 37.2 Å². The average Bonchev–Trinajstić information content (AvgIpc) is 3.22. The van der Waals surface area contributed by atoms with Crippen molar-refractivity contribution in [2.75, 3.05) is 13.2 Å². The number of aryl methyl sites for hydroxylation is 1. The number of carbonyl (C=O) groups excluding carboxylic acids is 1. The molecule has 1 aromatic heterocycles. The number of rotatable bonds is 5. The van der Waals surface area contributed by atoms with Crippen LogP contribution in [0.4, 0.5) is 0 Å². The molecular weight excluding hydrogens is 366 g/mol. The first kappa shape index (κ1) is 19.2. The number of hydrogen-bond donors (Lipinski definition) is 0. The molecule has 1 amide bonds. The molecule has 0 aliphatic carbocycles. The lowest BCUT2D eigenvalue weighted by molar-refractivity contribution is -0.132. The van der Waals surface area contributed by atoms with Gasteiger partial charge >= 0.3 is 0 Å². The standard InChI is InChI=1S/C23H25N3O3/c1-3-29-18-12-10-17(11-13-18)21-9-6-14-25(21)22(27)15-26-16(2)24-20-8-5-4-7-19(20)23(26)28/h4-5,7-8,10-13,21H,3,6,9,14-15H2,1-2H3. The normalized spacial score (nSPS) is 16.3. The van der Waals surface area contributed by atoms with Crippen molar-refractivity contribution in [3.63, 3.8) is 0 Å². The largest absolute Gasteiger partial charge is 0.494 e. The maximum Gasteiger partial charge on any atom is 0.261 e. The Morgan fingerprint density at radius 2 is 1.93 bits per heavy atom. The zero-order valence-electron chi connectivity index (χ0n) is 16.8. The molecule has 6 heteroatoms. The molecule has 1 fully saturated rings. The Labute approximate surface area is 169 Å². The zero-order valence-corrected chi connectivity index (χ0v) is 16.8. The first-order chi connectivity index (χ1) is 14.1. The lowest BCUT2D eigenvalue weighted by Gasteiger charge is -2.26. The monoisotopic (exact) mass is 391 g/mol. The van der Waals surface area contributed by atoms with Gasteiger partial charge in [-0.15, -0.1) is 0 Å². The van der Waals surface area contributed by atoms with Crippen molar-refractivity contribution in [2.24, 2.45) is 0 Å². The third-order valence-corrected chi connectivity index (χ3v) is 5.49. The smallest absolute Gasteiger partial charge is 0.261 e. The number of para-hydroxylation sites is 1. The van der Waals surface area contributed by atoms with E-state index >= 15 is 0 Å². The summed E-state index contributed by atoms with van der Waals surface area (Å²) in [6.07, 6.45) is 1.87. The van der Waals surface area contributed by atoms with Crippen LogP contribution in [-0.4, -0.2) is 33.5 Å². The Hall–Kier alpha value is -3.15. The topological polar surface area (TPSA) is 64.4 Å². The summed E-state index contributed by atoms with van der Waals surface area (Å²) in [5.74, 6) is 1.33. The summed E-state index contributed by atoms with van der Waals surface area (Å²) in [7, 11) is 0. The van der Waals surface area contributed by atoms with E-state index in [1.54, 1.807) is 13.0 Å². The predicted molar refractivity (Wildman–Crippen MR) is 112 cm³/mol. The van der Waals surface area contributed by atoms with Crippen LogP contribution in [0.3, 0.4) is 0 Å². The quantitative estimate of drug-likeness (QED) is 0.668. The summed E-state index contributed by atoms with van der Waals surface area (Å²) in [6, 6.07) is 15.2. The molecule has 0 N–H and O–H groups in total. The van der Waals surface area contributed by atoms with Gasteiger partial charge in [-0.2, -0.15) is 0 Å². The summed E-state index contributed by atoms with van der Waals surface area (Å²) in [6.45, 7) is 5.06. The number of benzene rings is 2. The van der Waals surface area contributed by atoms with Crippen LogP contribution < -0.4 is 10.3 Å². The lowest BCUT2D eigenvalue weighted by Crippen LogP contribution is -2.37. The van der Waals surface area contributed by atoms with E-state index in [9.17, 15) is 9.59 Å². The fraction of sp³-hybridized carbons (Fsp3) is 0.348. The molecule has 0 radical (unpaired) electrons. The molecule has 29 heavy (non-hydrogen) atoms. The van der Waals surface area contributed by atoms with E-state index in [1.165, 1.54) is 4.57 Å². The second-order valence-electron chi connectivity index (χ2n) is 7.31. The van der Waals surface area contributed by atoms with E-state index in [2.05, 4.69) is 4.98 Å². The number of ether oxygens (including phenoxy) is 1. The third-order valence-electron chi connectivity index (χ3n) is 5.49. The van der Waals surface area contributed by atoms with Gasteiger partial charge in [0.2, 0.25) is 5.91 Å². The summed E-state index contributed by atoms with van der Waals surface area (Å²) in [4.78, 5) is 32.4. The molecule has 150 valence electrons. The number of amides is 1. The van der Waals surface area contributed by atoms with Gasteiger partial charge in [0, 0.05) is 6.54 Å². The highest BCUT2D eigenvalue weighted by atomic mass is 16.5. The molecule has 0 bridgehead atoms. The SMILES string of the molecule is CCOc1ccc(C2CCCN2C(=O)Cn2c(C)nc3ccccc3c2=O)cc1. The van der Waals surface area contributed by atoms with Crippen molar-refractivity contribution >= 4 is 16.8 Å². The van der Waals surface area contributed by atoms with Gasteiger partial charge in [-0.1, -0.05) is 24.3 Å². The van der Waals surface area contributed by atoms with Crippen molar-refractivity contribution in [3.8, 4) is 5.75 Å². The van der Waals surface area contributed by atoms with Gasteiger partial charge < -0.3 is 9.64 Å². The molecule has 1 aliphatic heterocycles. The van der Waals surface area contributed by atoms with Crippen LogP contribution in [0.2, 0.25) is 0 Å². The highest BCUT2D eigenvalue weighted by Gasteiger charge is 2.30. The van der Waals surface area contributed by atoms with Crippen molar-refractivity contribution in [3.05, 3.63) is 70.3 Å². The van der Waals surface area contributed by atoms with Gasteiger partial charge in [-0.3, -0.25) is 14.2 Å². The first-order valence-electron chi connectivity index (χ1n) is 10.1. The molecule has 3 aromatic rings. The number of nitrogens with zero attached hydrogens (tertiary/aromatic N) is 3. The Kier molecular flexibility index (Phi) is 5.34. The van der Waals surface area contributed by atoms with E-state index in [-0.39, 0.29) is 24.1 Å². The van der Waals surface area contributed by atoms with Gasteiger partial charge in [0.05, 0.1) is 23.6 Å². The van der Waals surface area contributed by atoms with Gasteiger partial charge in [0.15, 0.2) is 0 Å². The number of hydrogen-bond acceptors (Lipinski definition) is 4. The lowest BCUT2D eigenvalue weighted by atomic mass is 10.0. The summed E-state index contributed by atoms with van der Waals surface area (Å²) >= 11 is 0. The molecule has 1 aliphatic rings. The van der Waals surface area contributed by atoms with Gasteiger partial charge in [0.25, 0.3) is 5.56 Å². The fourth-order valence-electron chi connectivity index (χ4n) is 4.06. The Bertz CT molecular complexity index is 1090. The molecule has 0 saturated carbocycles. The molecule has 0 spiro atoms. The van der Waals surface area contributed by atoms with Crippen molar-refractivity contribution in [1.82, 2.24) is 14.5 Å². The van der Waals surface area contributed by atoms with Crippen molar-refractivity contribution < 1.29 is 9.53 Å². The van der Waals surface area contributed by atoms with Gasteiger partial charge in [-0.25, -0.2) is 4.98 Å². The van der Waals surface area contributed by atoms with E-state index in [0.29, 0.717) is 29.9 Å². The number of fused-ring (bicyclic) bond motifs is 1. The third kappa shape index (κ3) is 3.75. The summed E-state index contributed by atoms with van der Waals surface area (Å²) in [5, 5.41) is 0.537. The first-order valence-corrected chi connectivity index (χ1v) is 10.1. The molecule has 1 saturated heterocycles. The van der Waals surface area contributed by atoms with Crippen LogP contribution in [0.5, 0.6) is 5.75 Å². The molecule has 6 nitrogen and oxygen atoms in total. The summed E-state index contributed by atoms with van der Waals surface area (Å²) in [5.41, 5.74) is 1.59. The highest BCUT2D eigenvalue weighted by molar-refractivity contribution is 5.79. The number of carbonyl (C=O) groups is 1. The number of aromatic nitrogens is 2. The maximum atomic E-state index is 13.1. The van der Waals surface area contributed by atoms with Crippen LogP contribution in [-0.2, 0) is 11.3 Å². The van der Waals surface area contributed by atoms with Crippen LogP contribution >= 0.6 is 0 Å². The van der Waals surface area contributed by atoms with E-state index in [1.807, 2.05) is 54.3 Å². The molecule has 2 aromatic carbocycles. The Balaban J connectivity index is 1.58. The van der Waals surface area contributed by atoms with Crippen LogP contribution in [0.25, 0.3) is 10.9 Å².